The van der Waals surface area contributed by atoms with E-state index < -0.39 is 11.6 Å². The van der Waals surface area contributed by atoms with Crippen LogP contribution in [0.1, 0.15) is 30.5 Å². The minimum absolute atomic E-state index is 0.0526. The third kappa shape index (κ3) is 3.79. The van der Waals surface area contributed by atoms with Crippen LogP contribution in [0.4, 0.5) is 8.78 Å². The fourth-order valence-electron chi connectivity index (χ4n) is 2.23. The van der Waals surface area contributed by atoms with Gasteiger partial charge >= 0.3 is 0 Å². The Hall–Kier alpha value is -1.94. The number of halogens is 2. The maximum Gasteiger partial charge on any atom is 0.132 e. The molecule has 0 amide bonds. The molecular weight excluding hydrogens is 272 g/mol. The molecule has 21 heavy (non-hydrogen) atoms. The molecule has 0 fully saturated rings. The molecule has 1 unspecified atom stereocenters. The quantitative estimate of drug-likeness (QED) is 0.860. The molecule has 0 spiro atoms. The Morgan fingerprint density at radius 3 is 2.19 bits per heavy atom. The SMILES string of the molecule is CCC(NC)c1ccc(OCc2c(F)cccc2F)cc1. The van der Waals surface area contributed by atoms with Crippen LogP contribution in [-0.2, 0) is 6.61 Å². The fourth-order valence-corrected chi connectivity index (χ4v) is 2.23. The van der Waals surface area contributed by atoms with Gasteiger partial charge in [0.2, 0.25) is 0 Å². The van der Waals surface area contributed by atoms with Crippen molar-refractivity contribution < 1.29 is 13.5 Å². The summed E-state index contributed by atoms with van der Waals surface area (Å²) in [5.74, 6) is -0.590. The standard InChI is InChI=1S/C17H19F2NO/c1-3-17(20-2)12-7-9-13(10-8-12)21-11-14-15(18)5-4-6-16(14)19/h4-10,17,20H,3,11H2,1-2H3. The van der Waals surface area contributed by atoms with Crippen molar-refractivity contribution in [3.63, 3.8) is 0 Å². The number of hydrogen-bond acceptors (Lipinski definition) is 2. The maximum absolute atomic E-state index is 13.5. The topological polar surface area (TPSA) is 21.3 Å². The lowest BCUT2D eigenvalue weighted by atomic mass is 10.0. The molecule has 2 aromatic rings. The van der Waals surface area contributed by atoms with Crippen LogP contribution in [0, 0.1) is 11.6 Å². The number of rotatable bonds is 6. The monoisotopic (exact) mass is 291 g/mol. The second kappa shape index (κ2) is 7.18. The lowest BCUT2D eigenvalue weighted by molar-refractivity contribution is 0.292. The lowest BCUT2D eigenvalue weighted by Gasteiger charge is -2.15. The smallest absolute Gasteiger partial charge is 0.132 e. The van der Waals surface area contributed by atoms with Gasteiger partial charge in [-0.3, -0.25) is 0 Å². The number of hydrogen-bond donors (Lipinski definition) is 1. The molecule has 0 bridgehead atoms. The van der Waals surface area contributed by atoms with Crippen molar-refractivity contribution in [1.82, 2.24) is 5.32 Å². The first-order valence-electron chi connectivity index (χ1n) is 6.98. The van der Waals surface area contributed by atoms with Gasteiger partial charge in [-0.25, -0.2) is 8.78 Å². The Morgan fingerprint density at radius 1 is 1.05 bits per heavy atom. The molecule has 0 aromatic heterocycles. The molecule has 0 saturated carbocycles. The molecule has 0 heterocycles. The zero-order valence-corrected chi connectivity index (χ0v) is 12.2. The molecule has 1 atom stereocenters. The first-order chi connectivity index (χ1) is 10.2. The van der Waals surface area contributed by atoms with Crippen LogP contribution in [0.2, 0.25) is 0 Å². The van der Waals surface area contributed by atoms with Gasteiger partial charge in [-0.05, 0) is 43.3 Å². The normalized spacial score (nSPS) is 12.2. The average Bonchev–Trinajstić information content (AvgIpc) is 2.49. The van der Waals surface area contributed by atoms with Crippen molar-refractivity contribution in [2.75, 3.05) is 7.05 Å². The molecule has 4 heteroatoms. The van der Waals surface area contributed by atoms with Gasteiger partial charge in [0, 0.05) is 6.04 Å². The van der Waals surface area contributed by atoms with Crippen molar-refractivity contribution in [1.29, 1.82) is 0 Å². The first-order valence-corrected chi connectivity index (χ1v) is 6.98. The molecule has 2 nitrogen and oxygen atoms in total. The second-order valence-corrected chi connectivity index (χ2v) is 4.81. The maximum atomic E-state index is 13.5. The van der Waals surface area contributed by atoms with Crippen LogP contribution in [0.3, 0.4) is 0 Å². The molecule has 0 aliphatic carbocycles. The summed E-state index contributed by atoms with van der Waals surface area (Å²) < 4.78 is 32.4. The van der Waals surface area contributed by atoms with Gasteiger partial charge in [0.05, 0.1) is 5.56 Å². The minimum Gasteiger partial charge on any atom is -0.489 e. The van der Waals surface area contributed by atoms with E-state index in [1.165, 1.54) is 18.2 Å². The van der Waals surface area contributed by atoms with Gasteiger partial charge in [-0.15, -0.1) is 0 Å². The molecule has 0 aliphatic rings. The molecule has 2 rings (SSSR count). The fraction of sp³-hybridized carbons (Fsp3) is 0.294. The van der Waals surface area contributed by atoms with E-state index >= 15 is 0 Å². The van der Waals surface area contributed by atoms with Crippen LogP contribution >= 0.6 is 0 Å². The van der Waals surface area contributed by atoms with Crippen molar-refractivity contribution in [3.8, 4) is 5.75 Å². The van der Waals surface area contributed by atoms with E-state index in [-0.39, 0.29) is 12.2 Å². The summed E-state index contributed by atoms with van der Waals surface area (Å²) >= 11 is 0. The van der Waals surface area contributed by atoms with Gasteiger partial charge in [0.15, 0.2) is 0 Å². The Labute approximate surface area is 123 Å². The van der Waals surface area contributed by atoms with E-state index in [2.05, 4.69) is 12.2 Å². The summed E-state index contributed by atoms with van der Waals surface area (Å²) in [6.07, 6.45) is 0.983. The van der Waals surface area contributed by atoms with Crippen molar-refractivity contribution in [3.05, 3.63) is 65.2 Å². The molecule has 1 N–H and O–H groups in total. The van der Waals surface area contributed by atoms with Gasteiger partial charge in [-0.1, -0.05) is 25.1 Å². The Balaban J connectivity index is 2.04. The summed E-state index contributed by atoms with van der Waals surface area (Å²) in [7, 11) is 1.92. The Kier molecular flexibility index (Phi) is 5.28. The molecule has 112 valence electrons. The van der Waals surface area contributed by atoms with E-state index in [1.54, 1.807) is 0 Å². The molecular formula is C17H19F2NO. The third-order valence-electron chi connectivity index (χ3n) is 3.48. The highest BCUT2D eigenvalue weighted by atomic mass is 19.1. The number of nitrogens with one attached hydrogen (secondary N) is 1. The van der Waals surface area contributed by atoms with Crippen LogP contribution in [0.15, 0.2) is 42.5 Å². The van der Waals surface area contributed by atoms with Crippen LogP contribution in [-0.4, -0.2) is 7.05 Å². The van der Waals surface area contributed by atoms with Crippen LogP contribution < -0.4 is 10.1 Å². The summed E-state index contributed by atoms with van der Waals surface area (Å²) in [5, 5.41) is 3.22. The largest absolute Gasteiger partial charge is 0.489 e. The zero-order valence-electron chi connectivity index (χ0n) is 12.2. The van der Waals surface area contributed by atoms with Gasteiger partial charge in [-0.2, -0.15) is 0 Å². The average molecular weight is 291 g/mol. The van der Waals surface area contributed by atoms with E-state index in [4.69, 9.17) is 4.74 Å². The Bertz CT molecular complexity index is 560. The highest BCUT2D eigenvalue weighted by Gasteiger charge is 2.10. The molecule has 0 saturated heterocycles. The van der Waals surface area contributed by atoms with Crippen LogP contribution in [0.25, 0.3) is 0 Å². The summed E-state index contributed by atoms with van der Waals surface area (Å²) in [6, 6.07) is 11.6. The number of ether oxygens (including phenoxy) is 1. The van der Waals surface area contributed by atoms with E-state index in [1.807, 2.05) is 31.3 Å². The Morgan fingerprint density at radius 2 is 1.67 bits per heavy atom. The highest BCUT2D eigenvalue weighted by molar-refractivity contribution is 5.29. The third-order valence-corrected chi connectivity index (χ3v) is 3.48. The van der Waals surface area contributed by atoms with Gasteiger partial charge in [0.1, 0.15) is 24.0 Å². The summed E-state index contributed by atoms with van der Waals surface area (Å²) in [5.41, 5.74) is 1.10. The van der Waals surface area contributed by atoms with E-state index in [0.717, 1.165) is 12.0 Å². The van der Waals surface area contributed by atoms with E-state index in [9.17, 15) is 8.78 Å². The zero-order chi connectivity index (χ0) is 15.2. The highest BCUT2D eigenvalue weighted by Crippen LogP contribution is 2.21. The lowest BCUT2D eigenvalue weighted by Crippen LogP contribution is -2.14. The van der Waals surface area contributed by atoms with Crippen LogP contribution in [0.5, 0.6) is 5.75 Å². The number of benzene rings is 2. The van der Waals surface area contributed by atoms with Crippen molar-refractivity contribution >= 4 is 0 Å². The molecule has 2 aromatic carbocycles. The van der Waals surface area contributed by atoms with Crippen molar-refractivity contribution in [2.24, 2.45) is 0 Å². The minimum atomic E-state index is -0.590. The van der Waals surface area contributed by atoms with Gasteiger partial charge < -0.3 is 10.1 Å². The molecule has 0 radical (unpaired) electrons. The first kappa shape index (κ1) is 15.4. The van der Waals surface area contributed by atoms with E-state index in [0.29, 0.717) is 11.8 Å². The second-order valence-electron chi connectivity index (χ2n) is 4.81. The predicted octanol–water partition coefficient (Wildman–Crippen LogP) is 4.21. The van der Waals surface area contributed by atoms with Crippen molar-refractivity contribution in [2.45, 2.75) is 26.0 Å². The summed E-state index contributed by atoms with van der Waals surface area (Å²) in [4.78, 5) is 0. The predicted molar refractivity (Wildman–Crippen MR) is 79.2 cm³/mol. The van der Waals surface area contributed by atoms with Gasteiger partial charge in [0.25, 0.3) is 0 Å². The molecule has 0 aliphatic heterocycles. The summed E-state index contributed by atoms with van der Waals surface area (Å²) in [6.45, 7) is 1.98.